The summed E-state index contributed by atoms with van der Waals surface area (Å²) in [7, 11) is 0. The van der Waals surface area contributed by atoms with Crippen LogP contribution in [0, 0.1) is 0 Å². The van der Waals surface area contributed by atoms with Gasteiger partial charge in [-0.05, 0) is 29.8 Å². The fourth-order valence-electron chi connectivity index (χ4n) is 1.46. The van der Waals surface area contributed by atoms with Gasteiger partial charge in [-0.3, -0.25) is 4.68 Å². The minimum Gasteiger partial charge on any atom is -0.479 e. The molecule has 102 valence electrons. The highest BCUT2D eigenvalue weighted by Crippen LogP contribution is 2.40. The van der Waals surface area contributed by atoms with Crippen LogP contribution in [0.3, 0.4) is 0 Å². The summed E-state index contributed by atoms with van der Waals surface area (Å²) < 4.78 is 39.8. The van der Waals surface area contributed by atoms with E-state index in [-0.39, 0.29) is 4.47 Å². The number of hydrogen-bond acceptors (Lipinski definition) is 3. The maximum absolute atomic E-state index is 13.0. The molecule has 0 fully saturated rings. The fourth-order valence-corrected chi connectivity index (χ4v) is 2.04. The summed E-state index contributed by atoms with van der Waals surface area (Å²) in [4.78, 5) is 11.0. The average molecular weight is 330 g/mol. The summed E-state index contributed by atoms with van der Waals surface area (Å²) in [5, 5.41) is 12.6. The molecule has 1 rings (SSSR count). The Hall–Kier alpha value is -1.09. The number of carboxylic acids is 1. The quantitative estimate of drug-likeness (QED) is 0.889. The van der Waals surface area contributed by atoms with Crippen molar-refractivity contribution in [3.63, 3.8) is 0 Å². The molecular weight excluding hydrogens is 319 g/mol. The third-order valence-corrected chi connectivity index (χ3v) is 2.98. The van der Waals surface area contributed by atoms with Crippen LogP contribution in [0.4, 0.5) is 13.2 Å². The zero-order valence-electron chi connectivity index (χ0n) is 9.49. The van der Waals surface area contributed by atoms with Crippen molar-refractivity contribution < 1.29 is 23.1 Å². The lowest BCUT2D eigenvalue weighted by Gasteiger charge is -2.29. The predicted molar refractivity (Wildman–Crippen MR) is 59.9 cm³/mol. The van der Waals surface area contributed by atoms with E-state index in [1.165, 1.54) is 0 Å². The summed E-state index contributed by atoms with van der Waals surface area (Å²) in [6.07, 6.45) is -4.06. The normalized spacial score (nSPS) is 15.8. The molecule has 1 aromatic rings. The first-order valence-corrected chi connectivity index (χ1v) is 5.65. The van der Waals surface area contributed by atoms with E-state index in [4.69, 9.17) is 10.8 Å². The summed E-state index contributed by atoms with van der Waals surface area (Å²) >= 11 is 2.86. The maximum atomic E-state index is 13.0. The van der Waals surface area contributed by atoms with Gasteiger partial charge in [-0.15, -0.1) is 0 Å². The fraction of sp³-hybridized carbons (Fsp3) is 0.556. The first kappa shape index (κ1) is 15.0. The molecule has 0 spiro atoms. The van der Waals surface area contributed by atoms with Crippen molar-refractivity contribution in [3.8, 4) is 0 Å². The molecule has 1 heterocycles. The number of aromatic nitrogens is 2. The minimum atomic E-state index is -5.14. The van der Waals surface area contributed by atoms with E-state index in [9.17, 15) is 18.0 Å². The Morgan fingerprint density at radius 2 is 2.06 bits per heavy atom. The van der Waals surface area contributed by atoms with E-state index in [1.54, 1.807) is 13.8 Å². The van der Waals surface area contributed by atoms with Crippen LogP contribution in [0.15, 0.2) is 10.7 Å². The number of carboxylic acid groups (broad SMARTS) is 1. The number of halogens is 4. The summed E-state index contributed by atoms with van der Waals surface area (Å²) in [5.41, 5.74) is 0.973. The minimum absolute atomic E-state index is 0.0987. The number of nitrogens with two attached hydrogens (primary N) is 1. The van der Waals surface area contributed by atoms with Crippen molar-refractivity contribution in [2.45, 2.75) is 31.6 Å². The highest BCUT2D eigenvalue weighted by atomic mass is 79.9. The highest BCUT2D eigenvalue weighted by Gasteiger charge is 2.62. The van der Waals surface area contributed by atoms with Crippen LogP contribution in [0.5, 0.6) is 0 Å². The standard InChI is InChI=1S/C9H11BrF3N3O2/c1-4(2)16-6(5(10)3-15-16)8(14,7(17)18)9(11,12)13/h3-4H,14H2,1-2H3,(H,17,18). The van der Waals surface area contributed by atoms with Crippen molar-refractivity contribution in [1.82, 2.24) is 9.78 Å². The molecule has 0 aliphatic rings. The van der Waals surface area contributed by atoms with Gasteiger partial charge >= 0.3 is 12.1 Å². The smallest absolute Gasteiger partial charge is 0.423 e. The molecule has 0 saturated heterocycles. The number of alkyl halides is 3. The summed E-state index contributed by atoms with van der Waals surface area (Å²) in [5.74, 6) is -2.18. The maximum Gasteiger partial charge on any atom is 0.423 e. The molecule has 0 bridgehead atoms. The van der Waals surface area contributed by atoms with Gasteiger partial charge in [0, 0.05) is 6.04 Å². The monoisotopic (exact) mass is 329 g/mol. The van der Waals surface area contributed by atoms with E-state index >= 15 is 0 Å². The van der Waals surface area contributed by atoms with Crippen molar-refractivity contribution in [2.75, 3.05) is 0 Å². The molecule has 0 aromatic carbocycles. The molecule has 0 saturated carbocycles. The van der Waals surface area contributed by atoms with Gasteiger partial charge in [0.15, 0.2) is 0 Å². The lowest BCUT2D eigenvalue weighted by atomic mass is 9.95. The number of aliphatic carboxylic acids is 1. The van der Waals surface area contributed by atoms with Gasteiger partial charge in [-0.25, -0.2) is 4.79 Å². The second kappa shape index (κ2) is 4.54. The van der Waals surface area contributed by atoms with Crippen LogP contribution in [-0.4, -0.2) is 27.0 Å². The molecule has 3 N–H and O–H groups in total. The van der Waals surface area contributed by atoms with Gasteiger partial charge in [0.05, 0.1) is 16.4 Å². The first-order valence-electron chi connectivity index (χ1n) is 4.86. The van der Waals surface area contributed by atoms with Crippen LogP contribution in [0.1, 0.15) is 25.6 Å². The molecule has 0 aliphatic heterocycles. The van der Waals surface area contributed by atoms with Crippen molar-refractivity contribution >= 4 is 21.9 Å². The molecule has 1 aromatic heterocycles. The molecule has 0 aliphatic carbocycles. The Balaban J connectivity index is 3.59. The average Bonchev–Trinajstić information content (AvgIpc) is 2.57. The van der Waals surface area contributed by atoms with Crippen LogP contribution in [0.2, 0.25) is 0 Å². The third-order valence-electron chi connectivity index (χ3n) is 2.40. The van der Waals surface area contributed by atoms with E-state index in [0.29, 0.717) is 0 Å². The number of nitrogens with zero attached hydrogens (tertiary/aromatic N) is 2. The molecule has 5 nitrogen and oxygen atoms in total. The Morgan fingerprint density at radius 1 is 1.56 bits per heavy atom. The van der Waals surface area contributed by atoms with Gasteiger partial charge < -0.3 is 10.8 Å². The van der Waals surface area contributed by atoms with E-state index in [2.05, 4.69) is 21.0 Å². The molecule has 18 heavy (non-hydrogen) atoms. The Morgan fingerprint density at radius 3 is 2.39 bits per heavy atom. The Bertz CT molecular complexity index is 472. The van der Waals surface area contributed by atoms with E-state index in [1.807, 2.05) is 0 Å². The number of rotatable bonds is 3. The van der Waals surface area contributed by atoms with Crippen molar-refractivity contribution in [2.24, 2.45) is 5.73 Å². The van der Waals surface area contributed by atoms with E-state index < -0.39 is 29.4 Å². The second-order valence-electron chi connectivity index (χ2n) is 3.99. The lowest BCUT2D eigenvalue weighted by Crippen LogP contribution is -2.58. The molecular formula is C9H11BrF3N3O2. The summed E-state index contributed by atoms with van der Waals surface area (Å²) in [6, 6.07) is -0.462. The largest absolute Gasteiger partial charge is 0.479 e. The SMILES string of the molecule is CC(C)n1ncc(Br)c1C(N)(C(=O)O)C(F)(F)F. The lowest BCUT2D eigenvalue weighted by molar-refractivity contribution is -0.206. The van der Waals surface area contributed by atoms with Gasteiger partial charge in [-0.2, -0.15) is 18.3 Å². The van der Waals surface area contributed by atoms with Crippen LogP contribution in [0.25, 0.3) is 0 Å². The van der Waals surface area contributed by atoms with Gasteiger partial charge in [0.1, 0.15) is 0 Å². The Kier molecular flexibility index (Phi) is 3.78. The van der Waals surface area contributed by atoms with Crippen LogP contribution in [-0.2, 0) is 10.3 Å². The molecule has 9 heteroatoms. The molecule has 1 atom stereocenters. The number of hydrogen-bond donors (Lipinski definition) is 2. The van der Waals surface area contributed by atoms with Crippen LogP contribution >= 0.6 is 15.9 Å². The second-order valence-corrected chi connectivity index (χ2v) is 4.84. The van der Waals surface area contributed by atoms with Gasteiger partial charge in [-0.1, -0.05) is 0 Å². The van der Waals surface area contributed by atoms with Gasteiger partial charge in [0.25, 0.3) is 5.54 Å². The zero-order valence-corrected chi connectivity index (χ0v) is 11.1. The molecule has 0 radical (unpaired) electrons. The highest BCUT2D eigenvalue weighted by molar-refractivity contribution is 9.10. The van der Waals surface area contributed by atoms with Crippen LogP contribution < -0.4 is 5.73 Å². The molecule has 1 unspecified atom stereocenters. The van der Waals surface area contributed by atoms with Gasteiger partial charge in [0.2, 0.25) is 0 Å². The topological polar surface area (TPSA) is 81.1 Å². The predicted octanol–water partition coefficient (Wildman–Crippen LogP) is 2.03. The third kappa shape index (κ3) is 2.12. The van der Waals surface area contributed by atoms with E-state index in [0.717, 1.165) is 10.9 Å². The Labute approximate surface area is 109 Å². The number of carbonyl (C=O) groups is 1. The zero-order chi connectivity index (χ0) is 14.3. The molecule has 0 amide bonds. The summed E-state index contributed by atoms with van der Waals surface area (Å²) in [6.45, 7) is 3.14. The first-order chi connectivity index (χ1) is 8.03. The van der Waals surface area contributed by atoms with Crippen molar-refractivity contribution in [1.29, 1.82) is 0 Å². The van der Waals surface area contributed by atoms with Crippen molar-refractivity contribution in [3.05, 3.63) is 16.4 Å².